The van der Waals surface area contributed by atoms with Crippen LogP contribution >= 0.6 is 11.6 Å². The van der Waals surface area contributed by atoms with Crippen LogP contribution in [0.5, 0.6) is 17.2 Å². The number of imidazole rings is 1. The predicted octanol–water partition coefficient (Wildman–Crippen LogP) is 5.18. The third-order valence-corrected chi connectivity index (χ3v) is 6.78. The van der Waals surface area contributed by atoms with Crippen molar-refractivity contribution < 1.29 is 28.9 Å². The van der Waals surface area contributed by atoms with Crippen LogP contribution in [-0.4, -0.2) is 48.1 Å². The Balaban J connectivity index is 1.77. The molecule has 1 saturated heterocycles. The van der Waals surface area contributed by atoms with Crippen molar-refractivity contribution in [3.8, 4) is 17.2 Å². The number of benzene rings is 3. The summed E-state index contributed by atoms with van der Waals surface area (Å²) in [5.41, 5.74) is 2.79. The quantitative estimate of drug-likeness (QED) is 0.199. The fourth-order valence-corrected chi connectivity index (χ4v) is 4.78. The largest absolute Gasteiger partial charge is 0.507 e. The van der Waals surface area contributed by atoms with Gasteiger partial charge in [-0.3, -0.25) is 14.5 Å². The van der Waals surface area contributed by atoms with Crippen molar-refractivity contribution in [1.29, 1.82) is 0 Å². The average molecular weight is 534 g/mol. The number of fused-ring (bicyclic) bond motifs is 1. The summed E-state index contributed by atoms with van der Waals surface area (Å²) in [6, 6.07) is 14.2. The molecule has 2 heterocycles. The molecule has 2 N–H and O–H groups in total. The summed E-state index contributed by atoms with van der Waals surface area (Å²) in [7, 11) is 4.46. The fourth-order valence-electron chi connectivity index (χ4n) is 4.57. The number of aromatic nitrogens is 2. The molecule has 0 radical (unpaired) electrons. The molecule has 10 heteroatoms. The number of methoxy groups -OCH3 is 3. The lowest BCUT2D eigenvalue weighted by atomic mass is 9.95. The number of aliphatic hydroxyl groups is 1. The maximum atomic E-state index is 13.5. The van der Waals surface area contributed by atoms with Gasteiger partial charge in [0.1, 0.15) is 11.5 Å². The summed E-state index contributed by atoms with van der Waals surface area (Å²) in [6.07, 6.45) is 0. The average Bonchev–Trinajstić information content (AvgIpc) is 3.45. The van der Waals surface area contributed by atoms with Crippen molar-refractivity contribution >= 4 is 46.0 Å². The van der Waals surface area contributed by atoms with Crippen LogP contribution in [-0.2, 0) is 9.59 Å². The normalized spacial score (nSPS) is 16.8. The molecule has 9 nitrogen and oxygen atoms in total. The van der Waals surface area contributed by atoms with E-state index in [0.29, 0.717) is 33.8 Å². The molecule has 5 rings (SSSR count). The highest BCUT2D eigenvalue weighted by Crippen LogP contribution is 2.44. The summed E-state index contributed by atoms with van der Waals surface area (Å²) < 4.78 is 16.1. The van der Waals surface area contributed by atoms with Crippen LogP contribution < -0.4 is 19.1 Å². The first-order valence-electron chi connectivity index (χ1n) is 11.6. The Morgan fingerprint density at radius 1 is 0.974 bits per heavy atom. The lowest BCUT2D eigenvalue weighted by Crippen LogP contribution is -2.30. The maximum Gasteiger partial charge on any atom is 0.302 e. The second kappa shape index (κ2) is 9.75. The molecule has 1 aromatic heterocycles. The molecule has 0 spiro atoms. The minimum absolute atomic E-state index is 0.148. The number of rotatable bonds is 6. The zero-order valence-electron chi connectivity index (χ0n) is 21.0. The lowest BCUT2D eigenvalue weighted by Gasteiger charge is -2.24. The zero-order valence-corrected chi connectivity index (χ0v) is 21.8. The lowest BCUT2D eigenvalue weighted by molar-refractivity contribution is -0.132. The van der Waals surface area contributed by atoms with Gasteiger partial charge >= 0.3 is 5.91 Å². The number of carbonyl (C=O) groups is 2. The molecule has 0 aliphatic carbocycles. The molecule has 0 saturated carbocycles. The highest BCUT2D eigenvalue weighted by Gasteiger charge is 2.48. The number of nitrogens with zero attached hydrogens (tertiary/aromatic N) is 2. The third kappa shape index (κ3) is 4.10. The van der Waals surface area contributed by atoms with Crippen molar-refractivity contribution in [1.82, 2.24) is 9.97 Å². The van der Waals surface area contributed by atoms with Crippen LogP contribution in [0.2, 0.25) is 5.02 Å². The molecule has 4 aromatic rings. The van der Waals surface area contributed by atoms with Gasteiger partial charge in [0.2, 0.25) is 5.95 Å². The Labute approximate surface area is 223 Å². The Morgan fingerprint density at radius 2 is 1.74 bits per heavy atom. The molecule has 38 heavy (non-hydrogen) atoms. The van der Waals surface area contributed by atoms with Crippen LogP contribution in [0.3, 0.4) is 0 Å². The van der Waals surface area contributed by atoms with Gasteiger partial charge in [0.15, 0.2) is 11.5 Å². The zero-order chi connectivity index (χ0) is 27.1. The van der Waals surface area contributed by atoms with E-state index in [1.54, 1.807) is 30.3 Å². The number of ketones is 1. The highest BCUT2D eigenvalue weighted by molar-refractivity contribution is 6.51. The predicted molar refractivity (Wildman–Crippen MR) is 143 cm³/mol. The molecule has 194 valence electrons. The maximum absolute atomic E-state index is 13.5. The third-order valence-electron chi connectivity index (χ3n) is 6.45. The number of aryl methyl sites for hydroxylation is 1. The van der Waals surface area contributed by atoms with Gasteiger partial charge in [-0.1, -0.05) is 23.7 Å². The molecule has 1 fully saturated rings. The van der Waals surface area contributed by atoms with Gasteiger partial charge in [-0.05, 0) is 60.5 Å². The van der Waals surface area contributed by atoms with Gasteiger partial charge in [-0.25, -0.2) is 4.98 Å². The van der Waals surface area contributed by atoms with Crippen LogP contribution in [0.1, 0.15) is 22.7 Å². The first kappa shape index (κ1) is 25.2. The number of H-pyrrole nitrogens is 1. The Morgan fingerprint density at radius 3 is 2.45 bits per heavy atom. The second-order valence-electron chi connectivity index (χ2n) is 8.71. The number of anilines is 1. The van der Waals surface area contributed by atoms with E-state index in [-0.39, 0.29) is 22.1 Å². The van der Waals surface area contributed by atoms with Gasteiger partial charge in [0.05, 0.1) is 49.0 Å². The number of hydrogen-bond acceptors (Lipinski definition) is 7. The van der Waals surface area contributed by atoms with E-state index >= 15 is 0 Å². The second-order valence-corrected chi connectivity index (χ2v) is 9.12. The summed E-state index contributed by atoms with van der Waals surface area (Å²) in [5, 5.41) is 11.6. The Kier molecular flexibility index (Phi) is 6.46. The minimum Gasteiger partial charge on any atom is -0.507 e. The van der Waals surface area contributed by atoms with Crippen molar-refractivity contribution in [2.45, 2.75) is 13.0 Å². The molecule has 1 aliphatic rings. The topological polar surface area (TPSA) is 114 Å². The summed E-state index contributed by atoms with van der Waals surface area (Å²) in [4.78, 5) is 36.0. The molecule has 1 atom stereocenters. The van der Waals surface area contributed by atoms with Crippen molar-refractivity contribution in [3.63, 3.8) is 0 Å². The number of Topliss-reactive ketones (excluding diaryl/α,β-unsaturated/α-hetero) is 1. The number of hydrogen-bond donors (Lipinski definition) is 2. The standard InChI is InChI=1S/C28H24ClN3O6/c1-14-5-9-19-20(11-14)31-28(30-19)32-24(15-6-10-21(37-3)22(12-15)38-4)23(26(34)27(32)35)25(33)17-13-16(36-2)7-8-18(17)29/h5-13,24,33H,1-4H3,(H,30,31)/b25-23+. The van der Waals surface area contributed by atoms with E-state index < -0.39 is 23.5 Å². The number of amides is 1. The van der Waals surface area contributed by atoms with Gasteiger partial charge in [0.25, 0.3) is 5.78 Å². The molecule has 1 unspecified atom stereocenters. The first-order valence-corrected chi connectivity index (χ1v) is 12.0. The molecule has 1 aliphatic heterocycles. The van der Waals surface area contributed by atoms with E-state index in [1.165, 1.54) is 32.3 Å². The van der Waals surface area contributed by atoms with Crippen molar-refractivity contribution in [3.05, 3.63) is 81.9 Å². The molecular formula is C28H24ClN3O6. The fraction of sp³-hybridized carbons (Fsp3) is 0.179. The van der Waals surface area contributed by atoms with Crippen LogP contribution in [0.4, 0.5) is 5.95 Å². The monoisotopic (exact) mass is 533 g/mol. The van der Waals surface area contributed by atoms with Crippen LogP contribution in [0.15, 0.2) is 60.2 Å². The molecule has 1 amide bonds. The Hall–Kier alpha value is -4.50. The summed E-state index contributed by atoms with van der Waals surface area (Å²) in [5.74, 6) is -0.775. The number of aromatic amines is 1. The van der Waals surface area contributed by atoms with Gasteiger partial charge in [-0.2, -0.15) is 0 Å². The Bertz CT molecular complexity index is 1630. The molecular weight excluding hydrogens is 510 g/mol. The van der Waals surface area contributed by atoms with E-state index in [9.17, 15) is 14.7 Å². The SMILES string of the molecule is COc1ccc(Cl)c(/C(O)=C2\C(=O)C(=O)N(c3nc4ccc(C)cc4[nH]3)C2c2ccc(OC)c(OC)c2)c1. The van der Waals surface area contributed by atoms with Gasteiger partial charge < -0.3 is 24.3 Å². The van der Waals surface area contributed by atoms with E-state index in [0.717, 1.165) is 5.56 Å². The summed E-state index contributed by atoms with van der Waals surface area (Å²) in [6.45, 7) is 1.94. The first-order chi connectivity index (χ1) is 18.3. The molecule has 0 bridgehead atoms. The van der Waals surface area contributed by atoms with E-state index in [4.69, 9.17) is 25.8 Å². The highest BCUT2D eigenvalue weighted by atomic mass is 35.5. The van der Waals surface area contributed by atoms with Gasteiger partial charge in [0, 0.05) is 5.56 Å². The van der Waals surface area contributed by atoms with Crippen LogP contribution in [0, 0.1) is 6.92 Å². The van der Waals surface area contributed by atoms with Gasteiger partial charge in [-0.15, -0.1) is 0 Å². The van der Waals surface area contributed by atoms with Crippen molar-refractivity contribution in [2.24, 2.45) is 0 Å². The molecule has 3 aromatic carbocycles. The number of carbonyl (C=O) groups excluding carboxylic acids is 2. The minimum atomic E-state index is -1.06. The van der Waals surface area contributed by atoms with Crippen molar-refractivity contribution in [2.75, 3.05) is 26.2 Å². The smallest absolute Gasteiger partial charge is 0.302 e. The van der Waals surface area contributed by atoms with E-state index in [2.05, 4.69) is 9.97 Å². The number of nitrogens with one attached hydrogen (secondary N) is 1. The number of ether oxygens (including phenoxy) is 3. The van der Waals surface area contributed by atoms with Crippen LogP contribution in [0.25, 0.3) is 16.8 Å². The van der Waals surface area contributed by atoms with E-state index in [1.807, 2.05) is 25.1 Å². The number of aliphatic hydroxyl groups excluding tert-OH is 1. The number of halogens is 1. The summed E-state index contributed by atoms with van der Waals surface area (Å²) >= 11 is 6.40.